The van der Waals surface area contributed by atoms with Crippen LogP contribution in [0, 0.1) is 0 Å². The lowest BCUT2D eigenvalue weighted by atomic mass is 10.3. The van der Waals surface area contributed by atoms with Gasteiger partial charge in [-0.15, -0.1) is 0 Å². The summed E-state index contributed by atoms with van der Waals surface area (Å²) in [5.74, 6) is 0.671. The minimum atomic E-state index is -3.26. The Labute approximate surface area is 96.7 Å². The smallest absolute Gasteiger partial charge is 0.232 e. The number of sulfonamides is 1. The standard InChI is InChI=1S/C11H17NO3S/c1-3-4-9-16(13,14)12-10-7-5-6-8-11(10)15-2/h5-8,12H,3-4,9H2,1-2H3. The Morgan fingerprint density at radius 1 is 1.31 bits per heavy atom. The second kappa shape index (κ2) is 5.75. The van der Waals surface area contributed by atoms with Crippen molar-refractivity contribution < 1.29 is 13.2 Å². The maximum absolute atomic E-state index is 11.7. The molecule has 0 bridgehead atoms. The lowest BCUT2D eigenvalue weighted by Gasteiger charge is -2.10. The van der Waals surface area contributed by atoms with Crippen molar-refractivity contribution in [1.82, 2.24) is 0 Å². The molecule has 5 heteroatoms. The van der Waals surface area contributed by atoms with Gasteiger partial charge in [-0.1, -0.05) is 25.5 Å². The van der Waals surface area contributed by atoms with Crippen LogP contribution in [0.25, 0.3) is 0 Å². The normalized spacial score (nSPS) is 11.1. The van der Waals surface area contributed by atoms with E-state index in [1.807, 2.05) is 6.92 Å². The number of methoxy groups -OCH3 is 1. The summed E-state index contributed by atoms with van der Waals surface area (Å²) in [6, 6.07) is 6.96. The van der Waals surface area contributed by atoms with Gasteiger partial charge in [0.15, 0.2) is 0 Å². The van der Waals surface area contributed by atoms with Gasteiger partial charge in [-0.3, -0.25) is 4.72 Å². The molecule has 16 heavy (non-hydrogen) atoms. The Kier molecular flexibility index (Phi) is 4.61. The minimum absolute atomic E-state index is 0.140. The van der Waals surface area contributed by atoms with E-state index in [4.69, 9.17) is 4.74 Å². The number of hydrogen-bond donors (Lipinski definition) is 1. The maximum atomic E-state index is 11.7. The molecule has 0 saturated heterocycles. The van der Waals surface area contributed by atoms with Crippen molar-refractivity contribution in [1.29, 1.82) is 0 Å². The molecule has 0 atom stereocenters. The molecular formula is C11H17NO3S. The van der Waals surface area contributed by atoms with Gasteiger partial charge in [0.1, 0.15) is 5.75 Å². The molecule has 0 fully saturated rings. The molecular weight excluding hydrogens is 226 g/mol. The second-order valence-corrected chi connectivity index (χ2v) is 5.32. The van der Waals surface area contributed by atoms with Crippen LogP contribution in [-0.4, -0.2) is 21.3 Å². The minimum Gasteiger partial charge on any atom is -0.495 e. The third-order valence-corrected chi connectivity index (χ3v) is 3.50. The summed E-state index contributed by atoms with van der Waals surface area (Å²) < 4.78 is 30.9. The van der Waals surface area contributed by atoms with Crippen LogP contribution in [0.5, 0.6) is 5.75 Å². The summed E-state index contributed by atoms with van der Waals surface area (Å²) >= 11 is 0. The Morgan fingerprint density at radius 2 is 2.00 bits per heavy atom. The van der Waals surface area contributed by atoms with Crippen molar-refractivity contribution >= 4 is 15.7 Å². The zero-order valence-electron chi connectivity index (χ0n) is 9.56. The van der Waals surface area contributed by atoms with Crippen LogP contribution in [0.3, 0.4) is 0 Å². The highest BCUT2D eigenvalue weighted by Gasteiger charge is 2.11. The molecule has 0 aliphatic carbocycles. The topological polar surface area (TPSA) is 55.4 Å². The van der Waals surface area contributed by atoms with Crippen molar-refractivity contribution in [2.75, 3.05) is 17.6 Å². The first kappa shape index (κ1) is 12.8. The largest absolute Gasteiger partial charge is 0.495 e. The average molecular weight is 243 g/mol. The Morgan fingerprint density at radius 3 is 2.62 bits per heavy atom. The van der Waals surface area contributed by atoms with Gasteiger partial charge in [0, 0.05) is 0 Å². The van der Waals surface area contributed by atoms with E-state index in [2.05, 4.69) is 4.72 Å². The molecule has 1 rings (SSSR count). The van der Waals surface area contributed by atoms with Gasteiger partial charge in [0.05, 0.1) is 18.6 Å². The van der Waals surface area contributed by atoms with Crippen molar-refractivity contribution in [2.24, 2.45) is 0 Å². The summed E-state index contributed by atoms with van der Waals surface area (Å²) in [5, 5.41) is 0. The monoisotopic (exact) mass is 243 g/mol. The average Bonchev–Trinajstić information content (AvgIpc) is 2.27. The summed E-state index contributed by atoms with van der Waals surface area (Å²) in [6.07, 6.45) is 1.51. The van der Waals surface area contributed by atoms with Crippen molar-refractivity contribution in [3.63, 3.8) is 0 Å². The van der Waals surface area contributed by atoms with Gasteiger partial charge < -0.3 is 4.74 Å². The SMILES string of the molecule is CCCCS(=O)(=O)Nc1ccccc1OC. The fourth-order valence-corrected chi connectivity index (χ4v) is 2.56. The van der Waals surface area contributed by atoms with Gasteiger partial charge >= 0.3 is 0 Å². The van der Waals surface area contributed by atoms with E-state index in [0.29, 0.717) is 17.9 Å². The molecule has 0 aliphatic rings. The van der Waals surface area contributed by atoms with Gasteiger partial charge in [0.2, 0.25) is 10.0 Å². The van der Waals surface area contributed by atoms with E-state index in [9.17, 15) is 8.42 Å². The van der Waals surface area contributed by atoms with Crippen LogP contribution < -0.4 is 9.46 Å². The third kappa shape index (κ3) is 3.73. The van der Waals surface area contributed by atoms with E-state index in [0.717, 1.165) is 6.42 Å². The number of anilines is 1. The number of benzene rings is 1. The summed E-state index contributed by atoms with van der Waals surface area (Å²) in [4.78, 5) is 0. The predicted octanol–water partition coefficient (Wildman–Crippen LogP) is 2.24. The summed E-state index contributed by atoms with van der Waals surface area (Å²) in [6.45, 7) is 1.96. The number of hydrogen-bond acceptors (Lipinski definition) is 3. The third-order valence-electron chi connectivity index (χ3n) is 2.14. The molecule has 0 aromatic heterocycles. The molecule has 0 heterocycles. The fraction of sp³-hybridized carbons (Fsp3) is 0.455. The molecule has 0 radical (unpaired) electrons. The Balaban J connectivity index is 2.79. The van der Waals surface area contributed by atoms with Crippen LogP contribution in [0.1, 0.15) is 19.8 Å². The first-order valence-corrected chi connectivity index (χ1v) is 6.88. The Bertz CT molecular complexity index is 429. The fourth-order valence-electron chi connectivity index (χ4n) is 1.28. The molecule has 1 N–H and O–H groups in total. The van der Waals surface area contributed by atoms with E-state index in [1.165, 1.54) is 7.11 Å². The molecule has 1 aromatic rings. The maximum Gasteiger partial charge on any atom is 0.232 e. The number of para-hydroxylation sites is 2. The first-order chi connectivity index (χ1) is 7.59. The number of nitrogens with one attached hydrogen (secondary N) is 1. The highest BCUT2D eigenvalue weighted by atomic mass is 32.2. The molecule has 4 nitrogen and oxygen atoms in total. The molecule has 90 valence electrons. The number of unbranched alkanes of at least 4 members (excludes halogenated alkanes) is 1. The van der Waals surface area contributed by atoms with Crippen molar-refractivity contribution in [2.45, 2.75) is 19.8 Å². The van der Waals surface area contributed by atoms with Crippen LogP contribution in [0.2, 0.25) is 0 Å². The number of rotatable bonds is 6. The summed E-state index contributed by atoms with van der Waals surface area (Å²) in [7, 11) is -1.75. The number of ether oxygens (including phenoxy) is 1. The summed E-state index contributed by atoms with van der Waals surface area (Å²) in [5.41, 5.74) is 0.487. The quantitative estimate of drug-likeness (QED) is 0.833. The van der Waals surface area contributed by atoms with Gasteiger partial charge in [-0.25, -0.2) is 8.42 Å². The second-order valence-electron chi connectivity index (χ2n) is 3.47. The molecule has 0 spiro atoms. The van der Waals surface area contributed by atoms with E-state index >= 15 is 0 Å². The zero-order valence-corrected chi connectivity index (χ0v) is 10.4. The van der Waals surface area contributed by atoms with Gasteiger partial charge in [0.25, 0.3) is 0 Å². The predicted molar refractivity (Wildman–Crippen MR) is 65.3 cm³/mol. The lowest BCUT2D eigenvalue weighted by molar-refractivity contribution is 0.417. The van der Waals surface area contributed by atoms with Crippen LogP contribution in [0.4, 0.5) is 5.69 Å². The molecule has 0 aliphatic heterocycles. The van der Waals surface area contributed by atoms with Gasteiger partial charge in [-0.2, -0.15) is 0 Å². The van der Waals surface area contributed by atoms with Crippen molar-refractivity contribution in [3.8, 4) is 5.75 Å². The van der Waals surface area contributed by atoms with E-state index in [1.54, 1.807) is 24.3 Å². The highest BCUT2D eigenvalue weighted by Crippen LogP contribution is 2.24. The molecule has 1 aromatic carbocycles. The van der Waals surface area contributed by atoms with E-state index in [-0.39, 0.29) is 5.75 Å². The van der Waals surface area contributed by atoms with Crippen LogP contribution in [-0.2, 0) is 10.0 Å². The molecule has 0 amide bonds. The van der Waals surface area contributed by atoms with Crippen LogP contribution >= 0.6 is 0 Å². The zero-order chi connectivity index (χ0) is 12.0. The Hall–Kier alpha value is -1.23. The molecule has 0 unspecified atom stereocenters. The highest BCUT2D eigenvalue weighted by molar-refractivity contribution is 7.92. The lowest BCUT2D eigenvalue weighted by Crippen LogP contribution is -2.16. The van der Waals surface area contributed by atoms with E-state index < -0.39 is 10.0 Å². The van der Waals surface area contributed by atoms with Gasteiger partial charge in [-0.05, 0) is 18.6 Å². The van der Waals surface area contributed by atoms with Crippen molar-refractivity contribution in [3.05, 3.63) is 24.3 Å². The first-order valence-electron chi connectivity index (χ1n) is 5.22. The molecule has 0 saturated carbocycles. The van der Waals surface area contributed by atoms with Crippen LogP contribution in [0.15, 0.2) is 24.3 Å².